The molecule has 0 aromatic carbocycles. The molecule has 35 heavy (non-hydrogen) atoms. The van der Waals surface area contributed by atoms with E-state index in [1.54, 1.807) is 0 Å². The predicted molar refractivity (Wildman–Crippen MR) is 132 cm³/mol. The normalized spacial score (nSPS) is 41.4. The number of carbonyl (C=O) groups excluding carboxylic acids is 2. The minimum Gasteiger partial charge on any atom is -0.465 e. The Balaban J connectivity index is 1.27. The molecule has 1 heterocycles. The van der Waals surface area contributed by atoms with Crippen molar-refractivity contribution in [2.45, 2.75) is 85.0 Å². The Morgan fingerprint density at radius 3 is 2.66 bits per heavy atom. The van der Waals surface area contributed by atoms with E-state index in [9.17, 15) is 19.5 Å². The summed E-state index contributed by atoms with van der Waals surface area (Å²) in [5, 5.41) is 13.6. The molecular formula is C28H40N2O5. The van der Waals surface area contributed by atoms with Crippen molar-refractivity contribution in [1.29, 1.82) is 0 Å². The van der Waals surface area contributed by atoms with Gasteiger partial charge in [0.15, 0.2) is 5.78 Å². The first-order valence-corrected chi connectivity index (χ1v) is 13.6. The van der Waals surface area contributed by atoms with E-state index in [-0.39, 0.29) is 17.4 Å². The second-order valence-electron chi connectivity index (χ2n) is 12.4. The van der Waals surface area contributed by atoms with Gasteiger partial charge in [-0.1, -0.05) is 24.6 Å². The van der Waals surface area contributed by atoms with Crippen molar-refractivity contribution in [2.75, 3.05) is 13.1 Å². The zero-order chi connectivity index (χ0) is 25.0. The van der Waals surface area contributed by atoms with E-state index in [4.69, 9.17) is 4.84 Å². The number of piperidine rings is 1. The molecule has 0 bridgehead atoms. The van der Waals surface area contributed by atoms with Gasteiger partial charge in [-0.2, -0.15) is 0 Å². The summed E-state index contributed by atoms with van der Waals surface area (Å²) in [6, 6.07) is 0. The third kappa shape index (κ3) is 4.13. The van der Waals surface area contributed by atoms with Crippen molar-refractivity contribution in [3.05, 3.63) is 11.6 Å². The molecule has 192 valence electrons. The number of oxime groups is 1. The van der Waals surface area contributed by atoms with Crippen LogP contribution in [0.1, 0.15) is 85.0 Å². The first-order chi connectivity index (χ1) is 16.6. The van der Waals surface area contributed by atoms with Gasteiger partial charge in [0.1, 0.15) is 0 Å². The standard InChI is InChI=1S/C28H40N2O5/c1-17(29-35-25(32)18-5-4-14-30(16-18)26(33)34)22-8-9-23-21-7-6-19-15-20(31)10-12-27(19,2)24(21)11-13-28(22,23)3/h15,18,21-24H,4-14,16H2,1-3H3,(H,33,34)/b29-17+/t18?,21-,22+,23-,24-,27-,28+/m0/s1. The van der Waals surface area contributed by atoms with E-state index in [1.807, 2.05) is 13.0 Å². The lowest BCUT2D eigenvalue weighted by atomic mass is 9.46. The average Bonchev–Trinajstić information content (AvgIpc) is 3.20. The third-order valence-electron chi connectivity index (χ3n) is 10.8. The van der Waals surface area contributed by atoms with Gasteiger partial charge in [0.25, 0.3) is 0 Å². The molecule has 1 aliphatic heterocycles. The summed E-state index contributed by atoms with van der Waals surface area (Å²) < 4.78 is 0. The predicted octanol–water partition coefficient (Wildman–Crippen LogP) is 5.44. The molecule has 4 fully saturated rings. The van der Waals surface area contributed by atoms with Crippen LogP contribution in [0.4, 0.5) is 4.79 Å². The van der Waals surface area contributed by atoms with Crippen molar-refractivity contribution >= 4 is 23.6 Å². The van der Waals surface area contributed by atoms with Crippen molar-refractivity contribution in [3.63, 3.8) is 0 Å². The van der Waals surface area contributed by atoms with Crippen LogP contribution in [0.15, 0.2) is 16.8 Å². The van der Waals surface area contributed by atoms with Crippen LogP contribution >= 0.6 is 0 Å². The highest BCUT2D eigenvalue weighted by atomic mass is 16.7. The minimum atomic E-state index is -0.985. The maximum atomic E-state index is 12.7. The van der Waals surface area contributed by atoms with Crippen molar-refractivity contribution in [2.24, 2.45) is 45.6 Å². The molecule has 5 rings (SSSR count). The van der Waals surface area contributed by atoms with Gasteiger partial charge in [0, 0.05) is 25.4 Å². The fraction of sp³-hybridized carbons (Fsp3) is 0.786. The smallest absolute Gasteiger partial charge is 0.407 e. The Hall–Kier alpha value is -2.18. The summed E-state index contributed by atoms with van der Waals surface area (Å²) in [5.74, 6) is 1.75. The monoisotopic (exact) mass is 484 g/mol. The lowest BCUT2D eigenvalue weighted by molar-refractivity contribution is -0.150. The van der Waals surface area contributed by atoms with Gasteiger partial charge in [0.2, 0.25) is 0 Å². The number of rotatable bonds is 3. The number of nitrogens with zero attached hydrogens (tertiary/aromatic N) is 2. The molecule has 1 saturated heterocycles. The van der Waals surface area contributed by atoms with Crippen molar-refractivity contribution in [1.82, 2.24) is 4.90 Å². The maximum Gasteiger partial charge on any atom is 0.407 e. The molecule has 0 aromatic heterocycles. The largest absolute Gasteiger partial charge is 0.465 e. The summed E-state index contributed by atoms with van der Waals surface area (Å²) in [6.07, 6.45) is 10.8. The summed E-state index contributed by atoms with van der Waals surface area (Å²) in [7, 11) is 0. The molecule has 1 amide bonds. The maximum absolute atomic E-state index is 12.7. The number of carbonyl (C=O) groups is 3. The van der Waals surface area contributed by atoms with Crippen LogP contribution < -0.4 is 0 Å². The molecule has 4 aliphatic carbocycles. The quantitative estimate of drug-likeness (QED) is 0.327. The molecule has 1 unspecified atom stereocenters. The number of carboxylic acid groups (broad SMARTS) is 1. The average molecular weight is 485 g/mol. The van der Waals surface area contributed by atoms with Crippen molar-refractivity contribution < 1.29 is 24.3 Å². The second-order valence-corrected chi connectivity index (χ2v) is 12.4. The van der Waals surface area contributed by atoms with Crippen LogP contribution in [-0.2, 0) is 14.4 Å². The number of ketones is 1. The minimum absolute atomic E-state index is 0.161. The highest BCUT2D eigenvalue weighted by Gasteiger charge is 2.59. The fourth-order valence-corrected chi connectivity index (χ4v) is 8.84. The summed E-state index contributed by atoms with van der Waals surface area (Å²) >= 11 is 0. The SMILES string of the molecule is C/C(=N\OC(=O)C1CCCN(C(=O)O)C1)[C@H]1CC[C@H]2[C@@H]3CCC4=CC(=O)CC[C@]4(C)[C@H]3CC[C@]12C. The van der Waals surface area contributed by atoms with E-state index < -0.39 is 18.0 Å². The molecule has 0 spiro atoms. The van der Waals surface area contributed by atoms with Crippen LogP contribution in [0, 0.1) is 40.4 Å². The molecular weight excluding hydrogens is 444 g/mol. The van der Waals surface area contributed by atoms with Gasteiger partial charge in [-0.05, 0) is 99.4 Å². The summed E-state index contributed by atoms with van der Waals surface area (Å²) in [4.78, 5) is 42.7. The van der Waals surface area contributed by atoms with Gasteiger partial charge in [0.05, 0.1) is 11.6 Å². The molecule has 7 nitrogen and oxygen atoms in total. The Morgan fingerprint density at radius 2 is 1.89 bits per heavy atom. The topological polar surface area (TPSA) is 96.3 Å². The van der Waals surface area contributed by atoms with Gasteiger partial charge in [-0.3, -0.25) is 4.79 Å². The van der Waals surface area contributed by atoms with Crippen LogP contribution in [0.2, 0.25) is 0 Å². The fourth-order valence-electron chi connectivity index (χ4n) is 8.84. The number of allylic oxidation sites excluding steroid dienone is 1. The summed E-state index contributed by atoms with van der Waals surface area (Å²) in [6.45, 7) is 7.50. The van der Waals surface area contributed by atoms with Crippen LogP contribution in [0.25, 0.3) is 0 Å². The van der Waals surface area contributed by atoms with E-state index in [1.165, 1.54) is 29.7 Å². The molecule has 5 aliphatic rings. The first kappa shape index (κ1) is 24.5. The lowest BCUT2D eigenvalue weighted by Crippen LogP contribution is -2.51. The highest BCUT2D eigenvalue weighted by molar-refractivity contribution is 5.91. The van der Waals surface area contributed by atoms with Crippen LogP contribution in [0.5, 0.6) is 0 Å². The number of hydrogen-bond acceptors (Lipinski definition) is 5. The zero-order valence-corrected chi connectivity index (χ0v) is 21.4. The molecule has 3 saturated carbocycles. The van der Waals surface area contributed by atoms with Gasteiger partial charge >= 0.3 is 12.1 Å². The molecule has 0 aromatic rings. The third-order valence-corrected chi connectivity index (χ3v) is 10.8. The van der Waals surface area contributed by atoms with E-state index in [0.717, 1.165) is 31.4 Å². The Labute approximate surface area is 208 Å². The molecule has 1 N–H and O–H groups in total. The zero-order valence-electron chi connectivity index (χ0n) is 21.4. The van der Waals surface area contributed by atoms with E-state index in [2.05, 4.69) is 19.0 Å². The van der Waals surface area contributed by atoms with Crippen LogP contribution in [-0.4, -0.2) is 46.7 Å². The Kier molecular flexibility index (Phi) is 6.33. The molecule has 7 atom stereocenters. The van der Waals surface area contributed by atoms with Gasteiger partial charge in [-0.25, -0.2) is 9.59 Å². The second kappa shape index (κ2) is 9.04. The highest BCUT2D eigenvalue weighted by Crippen LogP contribution is 2.66. The number of amides is 1. The molecule has 7 heteroatoms. The van der Waals surface area contributed by atoms with E-state index in [0.29, 0.717) is 55.3 Å². The van der Waals surface area contributed by atoms with Crippen molar-refractivity contribution in [3.8, 4) is 0 Å². The van der Waals surface area contributed by atoms with Crippen LogP contribution in [0.3, 0.4) is 0 Å². The van der Waals surface area contributed by atoms with Gasteiger partial charge < -0.3 is 14.8 Å². The van der Waals surface area contributed by atoms with E-state index >= 15 is 0 Å². The molecule has 0 radical (unpaired) electrons. The summed E-state index contributed by atoms with van der Waals surface area (Å²) in [5.41, 5.74) is 2.65. The number of fused-ring (bicyclic) bond motifs is 5. The Bertz CT molecular complexity index is 972. The Morgan fingerprint density at radius 1 is 1.09 bits per heavy atom. The number of hydrogen-bond donors (Lipinski definition) is 1. The first-order valence-electron chi connectivity index (χ1n) is 13.6. The van der Waals surface area contributed by atoms with Gasteiger partial charge in [-0.15, -0.1) is 0 Å². The lowest BCUT2D eigenvalue weighted by Gasteiger charge is -2.58. The number of likely N-dealkylation sites (tertiary alicyclic amines) is 1.